The Bertz CT molecular complexity index is 1490. The van der Waals surface area contributed by atoms with Crippen molar-refractivity contribution in [2.45, 2.75) is 11.8 Å². The number of sulfonamides is 1. The van der Waals surface area contributed by atoms with Gasteiger partial charge in [-0.1, -0.05) is 60.7 Å². The summed E-state index contributed by atoms with van der Waals surface area (Å²) in [5, 5.41) is 0.329. The summed E-state index contributed by atoms with van der Waals surface area (Å²) < 4.78 is 34.3. The van der Waals surface area contributed by atoms with Crippen molar-refractivity contribution in [3.05, 3.63) is 96.0 Å². The van der Waals surface area contributed by atoms with Crippen LogP contribution in [0.5, 0.6) is 0 Å². The minimum absolute atomic E-state index is 0.134. The largest absolute Gasteiger partial charge is 0.436 e. The lowest BCUT2D eigenvalue weighted by Crippen LogP contribution is -2.12. The first-order valence-electron chi connectivity index (χ1n) is 10.2. The van der Waals surface area contributed by atoms with Gasteiger partial charge in [-0.2, -0.15) is 0 Å². The first-order valence-corrected chi connectivity index (χ1v) is 12.5. The molecule has 5 rings (SSSR count). The third-order valence-electron chi connectivity index (χ3n) is 5.04. The molecular formula is C25H19N3O3S2. The molecule has 6 nitrogen and oxygen atoms in total. The molecule has 3 aromatic carbocycles. The highest BCUT2D eigenvalue weighted by Gasteiger charge is 2.19. The van der Waals surface area contributed by atoms with Gasteiger partial charge in [-0.05, 0) is 31.2 Å². The number of hydrogen-bond donors (Lipinski definition) is 1. The Balaban J connectivity index is 1.36. The summed E-state index contributed by atoms with van der Waals surface area (Å²) in [6.45, 7) is 1.92. The predicted molar refractivity (Wildman–Crippen MR) is 130 cm³/mol. The average Bonchev–Trinajstić information content (AvgIpc) is 3.47. The molecule has 8 heteroatoms. The maximum Gasteiger partial charge on any atom is 0.263 e. The third kappa shape index (κ3) is 4.44. The van der Waals surface area contributed by atoms with E-state index in [1.54, 1.807) is 18.3 Å². The molecule has 0 aliphatic rings. The molecule has 2 aromatic heterocycles. The van der Waals surface area contributed by atoms with Crippen molar-refractivity contribution in [1.29, 1.82) is 0 Å². The van der Waals surface area contributed by atoms with Crippen LogP contribution in [-0.2, 0) is 10.0 Å². The lowest BCUT2D eigenvalue weighted by molar-refractivity contribution is 0.588. The van der Waals surface area contributed by atoms with E-state index in [0.717, 1.165) is 21.7 Å². The molecule has 0 unspecified atom stereocenters. The average molecular weight is 474 g/mol. The zero-order valence-electron chi connectivity index (χ0n) is 17.6. The number of benzene rings is 3. The third-order valence-corrected chi connectivity index (χ3v) is 7.41. The molecule has 0 aliphatic heterocycles. The zero-order chi connectivity index (χ0) is 22.8. The van der Waals surface area contributed by atoms with E-state index in [1.165, 1.54) is 23.5 Å². The van der Waals surface area contributed by atoms with Crippen molar-refractivity contribution >= 4 is 26.5 Å². The number of aromatic nitrogens is 2. The van der Waals surface area contributed by atoms with Crippen molar-refractivity contribution in [2.24, 2.45) is 0 Å². The zero-order valence-corrected chi connectivity index (χ0v) is 19.2. The van der Waals surface area contributed by atoms with Crippen LogP contribution in [0.1, 0.15) is 4.88 Å². The molecule has 0 bridgehead atoms. The van der Waals surface area contributed by atoms with Crippen molar-refractivity contribution in [2.75, 3.05) is 4.72 Å². The molecule has 164 valence electrons. The van der Waals surface area contributed by atoms with Crippen LogP contribution in [0.2, 0.25) is 0 Å². The van der Waals surface area contributed by atoms with E-state index in [9.17, 15) is 8.42 Å². The van der Waals surface area contributed by atoms with Gasteiger partial charge in [-0.25, -0.2) is 18.4 Å². The molecule has 0 atom stereocenters. The molecule has 0 fully saturated rings. The molecule has 33 heavy (non-hydrogen) atoms. The van der Waals surface area contributed by atoms with Gasteiger partial charge in [0.25, 0.3) is 10.0 Å². The van der Waals surface area contributed by atoms with E-state index in [1.807, 2.05) is 67.6 Å². The lowest BCUT2D eigenvalue weighted by atomic mass is 10.1. The highest BCUT2D eigenvalue weighted by molar-refractivity contribution is 7.93. The summed E-state index contributed by atoms with van der Waals surface area (Å²) in [7, 11) is -3.79. The Morgan fingerprint density at radius 3 is 2.12 bits per heavy atom. The van der Waals surface area contributed by atoms with Gasteiger partial charge in [-0.15, -0.1) is 11.3 Å². The highest BCUT2D eigenvalue weighted by Crippen LogP contribution is 2.32. The lowest BCUT2D eigenvalue weighted by Gasteiger charge is -2.05. The van der Waals surface area contributed by atoms with Crippen molar-refractivity contribution in [1.82, 2.24) is 9.97 Å². The van der Waals surface area contributed by atoms with Crippen molar-refractivity contribution in [3.63, 3.8) is 0 Å². The Kier molecular flexibility index (Phi) is 5.53. The minimum Gasteiger partial charge on any atom is -0.436 e. The number of rotatable bonds is 6. The SMILES string of the molecule is Cc1sc(NS(=O)(=O)c2ccc(-c3ncc(-c4ccccc4)o3)cc2)nc1-c1ccccc1. The summed E-state index contributed by atoms with van der Waals surface area (Å²) in [6.07, 6.45) is 1.66. The Morgan fingerprint density at radius 2 is 1.45 bits per heavy atom. The van der Waals surface area contributed by atoms with Gasteiger partial charge in [0.1, 0.15) is 0 Å². The topological polar surface area (TPSA) is 85.1 Å². The molecule has 0 saturated heterocycles. The second-order valence-electron chi connectivity index (χ2n) is 7.32. The number of aryl methyl sites for hydroxylation is 1. The van der Waals surface area contributed by atoms with Crippen LogP contribution in [0, 0.1) is 6.92 Å². The number of oxazole rings is 1. The molecule has 0 aliphatic carbocycles. The normalized spacial score (nSPS) is 11.4. The van der Waals surface area contributed by atoms with Crippen LogP contribution >= 0.6 is 11.3 Å². The molecule has 5 aromatic rings. The summed E-state index contributed by atoms with van der Waals surface area (Å²) >= 11 is 1.31. The van der Waals surface area contributed by atoms with Crippen LogP contribution in [0.15, 0.2) is 100 Å². The Hall–Kier alpha value is -3.75. The molecular weight excluding hydrogens is 454 g/mol. The standard InChI is InChI=1S/C25H19N3O3S2/c1-17-23(19-10-6-3-7-11-19)27-25(32-17)28-33(29,30)21-14-12-20(13-15-21)24-26-16-22(31-24)18-8-4-2-5-9-18/h2-16H,1H3,(H,27,28). The van der Waals surface area contributed by atoms with Crippen molar-refractivity contribution < 1.29 is 12.8 Å². The molecule has 2 heterocycles. The molecule has 0 radical (unpaired) electrons. The van der Waals surface area contributed by atoms with Crippen LogP contribution < -0.4 is 4.72 Å². The smallest absolute Gasteiger partial charge is 0.263 e. The Morgan fingerprint density at radius 1 is 0.818 bits per heavy atom. The van der Waals surface area contributed by atoms with Gasteiger partial charge in [0.05, 0.1) is 16.8 Å². The van der Waals surface area contributed by atoms with Gasteiger partial charge in [0.2, 0.25) is 5.89 Å². The summed E-state index contributed by atoms with van der Waals surface area (Å²) in [5.74, 6) is 1.08. The summed E-state index contributed by atoms with van der Waals surface area (Å²) in [5.41, 5.74) is 3.33. The number of hydrogen-bond acceptors (Lipinski definition) is 6. The first kappa shape index (κ1) is 21.1. The Labute approximate surface area is 195 Å². The summed E-state index contributed by atoms with van der Waals surface area (Å²) in [4.78, 5) is 9.89. The highest BCUT2D eigenvalue weighted by atomic mass is 32.2. The molecule has 0 spiro atoms. The van der Waals surface area contributed by atoms with E-state index in [-0.39, 0.29) is 4.90 Å². The van der Waals surface area contributed by atoms with E-state index < -0.39 is 10.0 Å². The number of nitrogens with zero attached hydrogens (tertiary/aromatic N) is 2. The predicted octanol–water partition coefficient (Wildman–Crippen LogP) is 6.24. The monoisotopic (exact) mass is 473 g/mol. The molecule has 0 saturated carbocycles. The molecule has 1 N–H and O–H groups in total. The van der Waals surface area contributed by atoms with Crippen LogP contribution in [0.3, 0.4) is 0 Å². The second kappa shape index (κ2) is 8.65. The fraction of sp³-hybridized carbons (Fsp3) is 0.0400. The number of anilines is 1. The van der Waals surface area contributed by atoms with Crippen LogP contribution in [-0.4, -0.2) is 18.4 Å². The van der Waals surface area contributed by atoms with Crippen LogP contribution in [0.4, 0.5) is 5.13 Å². The van der Waals surface area contributed by atoms with Gasteiger partial charge in [0.15, 0.2) is 10.9 Å². The van der Waals surface area contributed by atoms with Gasteiger partial charge < -0.3 is 4.42 Å². The van der Waals surface area contributed by atoms with E-state index >= 15 is 0 Å². The van der Waals surface area contributed by atoms with Gasteiger partial charge in [0, 0.05) is 21.6 Å². The maximum atomic E-state index is 12.9. The summed E-state index contributed by atoms with van der Waals surface area (Å²) in [6, 6.07) is 25.8. The number of nitrogens with one attached hydrogen (secondary N) is 1. The van der Waals surface area contributed by atoms with E-state index in [2.05, 4.69) is 14.7 Å². The van der Waals surface area contributed by atoms with Crippen LogP contribution in [0.25, 0.3) is 34.0 Å². The van der Waals surface area contributed by atoms with Crippen molar-refractivity contribution in [3.8, 4) is 34.0 Å². The maximum absolute atomic E-state index is 12.9. The first-order chi connectivity index (χ1) is 16.0. The van der Waals surface area contributed by atoms with E-state index in [4.69, 9.17) is 4.42 Å². The molecule has 0 amide bonds. The quantitative estimate of drug-likeness (QED) is 0.315. The minimum atomic E-state index is -3.79. The fourth-order valence-electron chi connectivity index (χ4n) is 3.40. The van der Waals surface area contributed by atoms with E-state index in [0.29, 0.717) is 22.3 Å². The van der Waals surface area contributed by atoms with Gasteiger partial charge in [-0.3, -0.25) is 4.72 Å². The second-order valence-corrected chi connectivity index (χ2v) is 10.2. The fourth-order valence-corrected chi connectivity index (χ4v) is 5.47. The van der Waals surface area contributed by atoms with Gasteiger partial charge >= 0.3 is 0 Å². The number of thiazole rings is 1.